The molecule has 4 nitrogen and oxygen atoms in total. The second-order valence-electron chi connectivity index (χ2n) is 6.56. The first-order chi connectivity index (χ1) is 11.9. The lowest BCUT2D eigenvalue weighted by molar-refractivity contribution is 0.0701. The van der Waals surface area contributed by atoms with Gasteiger partial charge in [0.15, 0.2) is 0 Å². The van der Waals surface area contributed by atoms with Gasteiger partial charge < -0.3 is 10.2 Å². The van der Waals surface area contributed by atoms with Gasteiger partial charge in [0.05, 0.1) is 9.88 Å². The monoisotopic (exact) mass is 360 g/mol. The Morgan fingerprint density at radius 1 is 1.24 bits per heavy atom. The lowest BCUT2D eigenvalue weighted by Gasteiger charge is -2.30. The van der Waals surface area contributed by atoms with Crippen molar-refractivity contribution in [1.29, 1.82) is 0 Å². The first-order valence-corrected chi connectivity index (χ1v) is 9.22. The molecule has 6 heteroatoms. The van der Waals surface area contributed by atoms with Crippen molar-refractivity contribution in [3.8, 4) is 0 Å². The average Bonchev–Trinajstić information content (AvgIpc) is 2.95. The second-order valence-corrected chi connectivity index (χ2v) is 7.61. The maximum Gasteiger partial charge on any atom is 0.264 e. The Labute approximate surface area is 150 Å². The van der Waals surface area contributed by atoms with E-state index in [0.717, 1.165) is 31.5 Å². The Bertz CT molecular complexity index is 794. The SMILES string of the molecule is Cc1cc(NC(=O)c2cccc(F)c2)sc1C(=O)N1CCC(C)CC1. The highest BCUT2D eigenvalue weighted by Gasteiger charge is 2.24. The van der Waals surface area contributed by atoms with Gasteiger partial charge in [-0.3, -0.25) is 9.59 Å². The molecule has 0 saturated carbocycles. The summed E-state index contributed by atoms with van der Waals surface area (Å²) in [4.78, 5) is 27.5. The molecule has 0 atom stereocenters. The van der Waals surface area contributed by atoms with Crippen molar-refractivity contribution in [3.63, 3.8) is 0 Å². The van der Waals surface area contributed by atoms with Gasteiger partial charge in [0, 0.05) is 18.7 Å². The lowest BCUT2D eigenvalue weighted by Crippen LogP contribution is -2.37. The number of likely N-dealkylation sites (tertiary alicyclic amines) is 1. The van der Waals surface area contributed by atoms with Crippen molar-refractivity contribution >= 4 is 28.2 Å². The van der Waals surface area contributed by atoms with E-state index in [9.17, 15) is 14.0 Å². The summed E-state index contributed by atoms with van der Waals surface area (Å²) in [5, 5.41) is 3.35. The van der Waals surface area contributed by atoms with Crippen LogP contribution >= 0.6 is 11.3 Å². The number of carbonyl (C=O) groups is 2. The van der Waals surface area contributed by atoms with Crippen molar-refractivity contribution in [1.82, 2.24) is 4.90 Å². The van der Waals surface area contributed by atoms with Crippen LogP contribution in [0.4, 0.5) is 9.39 Å². The maximum absolute atomic E-state index is 13.2. The van der Waals surface area contributed by atoms with Gasteiger partial charge in [0.2, 0.25) is 0 Å². The van der Waals surface area contributed by atoms with Crippen LogP contribution in [0.25, 0.3) is 0 Å². The highest BCUT2D eigenvalue weighted by molar-refractivity contribution is 7.18. The van der Waals surface area contributed by atoms with E-state index in [1.165, 1.54) is 29.5 Å². The molecule has 0 aliphatic carbocycles. The van der Waals surface area contributed by atoms with Crippen LogP contribution in [0.15, 0.2) is 30.3 Å². The van der Waals surface area contributed by atoms with Crippen LogP contribution in [-0.4, -0.2) is 29.8 Å². The van der Waals surface area contributed by atoms with Crippen LogP contribution in [0.3, 0.4) is 0 Å². The number of aryl methyl sites for hydroxylation is 1. The minimum Gasteiger partial charge on any atom is -0.338 e. The number of anilines is 1. The Hall–Kier alpha value is -2.21. The van der Waals surface area contributed by atoms with Gasteiger partial charge in [-0.15, -0.1) is 11.3 Å². The lowest BCUT2D eigenvalue weighted by atomic mass is 9.99. The zero-order chi connectivity index (χ0) is 18.0. The van der Waals surface area contributed by atoms with Crippen LogP contribution in [0.1, 0.15) is 45.4 Å². The fourth-order valence-corrected chi connectivity index (χ4v) is 3.96. The molecule has 3 rings (SSSR count). The molecule has 1 fully saturated rings. The molecule has 2 heterocycles. The fourth-order valence-electron chi connectivity index (χ4n) is 2.93. The van der Waals surface area contributed by atoms with E-state index in [0.29, 0.717) is 15.8 Å². The van der Waals surface area contributed by atoms with Crippen molar-refractivity contribution in [2.75, 3.05) is 18.4 Å². The molecule has 0 bridgehead atoms. The molecule has 2 aromatic rings. The highest BCUT2D eigenvalue weighted by atomic mass is 32.1. The van der Waals surface area contributed by atoms with Gasteiger partial charge in [-0.05, 0) is 55.5 Å². The van der Waals surface area contributed by atoms with E-state index in [1.54, 1.807) is 12.1 Å². The van der Waals surface area contributed by atoms with Crippen molar-refractivity contribution in [2.24, 2.45) is 5.92 Å². The predicted molar refractivity (Wildman–Crippen MR) is 97.7 cm³/mol. The van der Waals surface area contributed by atoms with E-state index in [4.69, 9.17) is 0 Å². The molecule has 1 N–H and O–H groups in total. The summed E-state index contributed by atoms with van der Waals surface area (Å²) >= 11 is 1.27. The number of hydrogen-bond donors (Lipinski definition) is 1. The molecule has 0 spiro atoms. The molecule has 2 amide bonds. The van der Waals surface area contributed by atoms with Crippen LogP contribution in [0.5, 0.6) is 0 Å². The predicted octanol–water partition coefficient (Wildman–Crippen LogP) is 4.32. The third kappa shape index (κ3) is 4.07. The number of thiophene rings is 1. The fraction of sp³-hybridized carbons (Fsp3) is 0.368. The summed E-state index contributed by atoms with van der Waals surface area (Å²) in [6.45, 7) is 5.64. The molecule has 1 aromatic carbocycles. The van der Waals surface area contributed by atoms with Crippen molar-refractivity contribution in [2.45, 2.75) is 26.7 Å². The molecule has 1 aromatic heterocycles. The first-order valence-electron chi connectivity index (χ1n) is 8.40. The smallest absolute Gasteiger partial charge is 0.264 e. The van der Waals surface area contributed by atoms with Gasteiger partial charge >= 0.3 is 0 Å². The van der Waals surface area contributed by atoms with E-state index in [2.05, 4.69) is 12.2 Å². The number of hydrogen-bond acceptors (Lipinski definition) is 3. The van der Waals surface area contributed by atoms with Gasteiger partial charge in [-0.2, -0.15) is 0 Å². The summed E-state index contributed by atoms with van der Waals surface area (Å²) in [6.07, 6.45) is 2.05. The van der Waals surface area contributed by atoms with Crippen molar-refractivity contribution < 1.29 is 14.0 Å². The van der Waals surface area contributed by atoms with Crippen LogP contribution < -0.4 is 5.32 Å². The van der Waals surface area contributed by atoms with E-state index in [1.807, 2.05) is 11.8 Å². The Morgan fingerprint density at radius 3 is 2.64 bits per heavy atom. The van der Waals surface area contributed by atoms with Gasteiger partial charge in [0.25, 0.3) is 11.8 Å². The number of nitrogens with one attached hydrogen (secondary N) is 1. The number of piperidine rings is 1. The summed E-state index contributed by atoms with van der Waals surface area (Å²) in [5.74, 6) is -0.146. The maximum atomic E-state index is 13.2. The normalized spacial score (nSPS) is 15.2. The summed E-state index contributed by atoms with van der Waals surface area (Å²) in [6, 6.07) is 7.33. The van der Waals surface area contributed by atoms with Crippen LogP contribution in [0.2, 0.25) is 0 Å². The molecule has 0 unspecified atom stereocenters. The third-order valence-corrected chi connectivity index (χ3v) is 5.65. The quantitative estimate of drug-likeness (QED) is 0.886. The Morgan fingerprint density at radius 2 is 1.96 bits per heavy atom. The zero-order valence-electron chi connectivity index (χ0n) is 14.3. The number of rotatable bonds is 3. The van der Waals surface area contributed by atoms with Crippen LogP contribution in [0, 0.1) is 18.7 Å². The van der Waals surface area contributed by atoms with Gasteiger partial charge in [0.1, 0.15) is 5.82 Å². The van der Waals surface area contributed by atoms with E-state index in [-0.39, 0.29) is 17.4 Å². The second kappa shape index (κ2) is 7.35. The Kier molecular flexibility index (Phi) is 5.18. The molecule has 132 valence electrons. The molecule has 1 saturated heterocycles. The standard InChI is InChI=1S/C19H21FN2O2S/c1-12-6-8-22(9-7-12)19(24)17-13(2)10-16(25-17)21-18(23)14-4-3-5-15(20)11-14/h3-5,10-12H,6-9H2,1-2H3,(H,21,23). The molecular formula is C19H21FN2O2S. The molecule has 1 aliphatic heterocycles. The number of carbonyl (C=O) groups excluding carboxylic acids is 2. The van der Waals surface area contributed by atoms with E-state index < -0.39 is 5.82 Å². The number of nitrogens with zero attached hydrogens (tertiary/aromatic N) is 1. The minimum atomic E-state index is -0.454. The van der Waals surface area contributed by atoms with Gasteiger partial charge in [-0.1, -0.05) is 13.0 Å². The number of benzene rings is 1. The topological polar surface area (TPSA) is 49.4 Å². The Balaban J connectivity index is 1.72. The van der Waals surface area contributed by atoms with Crippen LogP contribution in [-0.2, 0) is 0 Å². The number of halogens is 1. The summed E-state index contributed by atoms with van der Waals surface area (Å²) < 4.78 is 13.2. The number of amides is 2. The molecule has 1 aliphatic rings. The zero-order valence-corrected chi connectivity index (χ0v) is 15.2. The molecule has 25 heavy (non-hydrogen) atoms. The summed E-state index contributed by atoms with van der Waals surface area (Å²) in [5.41, 5.74) is 1.10. The molecule has 0 radical (unpaired) electrons. The molecular weight excluding hydrogens is 339 g/mol. The average molecular weight is 360 g/mol. The third-order valence-electron chi connectivity index (χ3n) is 4.51. The summed E-state index contributed by atoms with van der Waals surface area (Å²) in [7, 11) is 0. The van der Waals surface area contributed by atoms with Crippen molar-refractivity contribution in [3.05, 3.63) is 52.2 Å². The van der Waals surface area contributed by atoms with E-state index >= 15 is 0 Å². The minimum absolute atomic E-state index is 0.0284. The highest BCUT2D eigenvalue weighted by Crippen LogP contribution is 2.29. The van der Waals surface area contributed by atoms with Gasteiger partial charge in [-0.25, -0.2) is 4.39 Å². The first kappa shape index (κ1) is 17.6. The largest absolute Gasteiger partial charge is 0.338 e.